The number of hydrogen-bond donors (Lipinski definition) is 0. The summed E-state index contributed by atoms with van der Waals surface area (Å²) in [6, 6.07) is 0. The van der Waals surface area contributed by atoms with Crippen LogP contribution in [0.5, 0.6) is 0 Å². The number of nitrogens with zero attached hydrogens (tertiary/aromatic N) is 1. The average Bonchev–Trinajstić information content (AvgIpc) is 1.79. The predicted molar refractivity (Wildman–Crippen MR) is 24.3 cm³/mol. The van der Waals surface area contributed by atoms with Gasteiger partial charge in [-0.05, 0) is 0 Å². The minimum atomic E-state index is -6.17. The molecule has 0 heterocycles. The predicted octanol–water partition coefficient (Wildman–Crippen LogP) is 3.36. The smallest absolute Gasteiger partial charge is 0.171 e. The van der Waals surface area contributed by atoms with E-state index in [9.17, 15) is 39.6 Å². The molecule has 0 bridgehead atoms. The summed E-state index contributed by atoms with van der Waals surface area (Å²) in [5.41, 5.74) is -3.68. The molecular weight excluding hydrogens is 233 g/mol. The van der Waals surface area contributed by atoms with E-state index in [0.29, 0.717) is 0 Å². The summed E-state index contributed by atoms with van der Waals surface area (Å²) in [4.78, 5) is 0. The van der Waals surface area contributed by atoms with E-state index < -0.39 is 29.4 Å². The average molecular weight is 233 g/mol. The lowest BCUT2D eigenvalue weighted by atomic mass is 10.4. The Bertz CT molecular complexity index is 230. The maximum atomic E-state index is 11.8. The summed E-state index contributed by atoms with van der Waals surface area (Å²) >= 11 is 0. The summed E-state index contributed by atoms with van der Waals surface area (Å²) in [5, 5.41) is -2.98. The standard InChI is InChI=1S/C4F9N/c5-2(6)1(3(7,8)9)14(13)4(10,11)12. The van der Waals surface area contributed by atoms with Gasteiger partial charge >= 0.3 is 18.6 Å². The summed E-state index contributed by atoms with van der Waals surface area (Å²) in [7, 11) is 0. The molecule has 10 heteroatoms. The van der Waals surface area contributed by atoms with E-state index in [1.165, 1.54) is 0 Å². The van der Waals surface area contributed by atoms with E-state index in [-0.39, 0.29) is 0 Å². The zero-order chi connectivity index (χ0) is 11.7. The molecule has 0 aromatic carbocycles. The summed E-state index contributed by atoms with van der Waals surface area (Å²) in [6.45, 7) is 0. The van der Waals surface area contributed by atoms with Crippen LogP contribution in [0, 0.1) is 0 Å². The highest BCUT2D eigenvalue weighted by atomic mass is 19.4. The van der Waals surface area contributed by atoms with Crippen molar-refractivity contribution >= 4 is 0 Å². The third kappa shape index (κ3) is 3.00. The lowest BCUT2D eigenvalue weighted by molar-refractivity contribution is -0.315. The largest absolute Gasteiger partial charge is 0.512 e. The lowest BCUT2D eigenvalue weighted by Gasteiger charge is -2.20. The van der Waals surface area contributed by atoms with Gasteiger partial charge in [-0.15, -0.1) is 18.3 Å². The molecule has 0 fully saturated rings. The van der Waals surface area contributed by atoms with Crippen molar-refractivity contribution in [3.63, 3.8) is 0 Å². The van der Waals surface area contributed by atoms with Crippen molar-refractivity contribution in [3.05, 3.63) is 11.8 Å². The van der Waals surface area contributed by atoms with Crippen LogP contribution in [0.2, 0.25) is 0 Å². The molecule has 0 aliphatic heterocycles. The van der Waals surface area contributed by atoms with E-state index in [1.807, 2.05) is 0 Å². The maximum absolute atomic E-state index is 11.8. The maximum Gasteiger partial charge on any atom is 0.512 e. The van der Waals surface area contributed by atoms with Gasteiger partial charge in [-0.2, -0.15) is 22.0 Å². The van der Waals surface area contributed by atoms with Crippen molar-refractivity contribution in [1.82, 2.24) is 5.12 Å². The van der Waals surface area contributed by atoms with Crippen molar-refractivity contribution in [1.29, 1.82) is 0 Å². The third-order valence-electron chi connectivity index (χ3n) is 0.866. The fourth-order valence-electron chi connectivity index (χ4n) is 0.419. The number of halogens is 9. The highest BCUT2D eigenvalue weighted by Crippen LogP contribution is 2.38. The Hall–Kier alpha value is -1.09. The summed E-state index contributed by atoms with van der Waals surface area (Å²) in [6.07, 6.45) is -16.1. The molecule has 0 N–H and O–H groups in total. The van der Waals surface area contributed by atoms with Crippen molar-refractivity contribution < 1.29 is 39.6 Å². The monoisotopic (exact) mass is 233 g/mol. The van der Waals surface area contributed by atoms with Gasteiger partial charge in [-0.3, -0.25) is 0 Å². The SMILES string of the molecule is FC(F)=C(N(F)C(F)(F)F)C(F)(F)F. The first kappa shape index (κ1) is 12.9. The van der Waals surface area contributed by atoms with Crippen LogP contribution in [0.3, 0.4) is 0 Å². The second kappa shape index (κ2) is 3.58. The molecule has 0 aromatic rings. The molecule has 0 aromatic heterocycles. The third-order valence-corrected chi connectivity index (χ3v) is 0.866. The molecule has 0 rings (SSSR count). The van der Waals surface area contributed by atoms with Gasteiger partial charge in [0.1, 0.15) is 0 Å². The zero-order valence-corrected chi connectivity index (χ0v) is 5.85. The van der Waals surface area contributed by atoms with E-state index >= 15 is 0 Å². The van der Waals surface area contributed by atoms with Crippen LogP contribution in [-0.4, -0.2) is 17.6 Å². The van der Waals surface area contributed by atoms with Crippen LogP contribution >= 0.6 is 0 Å². The number of rotatable bonds is 1. The molecule has 0 spiro atoms. The molecule has 0 amide bonds. The van der Waals surface area contributed by atoms with E-state index in [1.54, 1.807) is 0 Å². The Morgan fingerprint density at radius 1 is 0.857 bits per heavy atom. The van der Waals surface area contributed by atoms with E-state index in [4.69, 9.17) is 0 Å². The van der Waals surface area contributed by atoms with Gasteiger partial charge in [0.2, 0.25) is 5.70 Å². The molecule has 0 radical (unpaired) electrons. The van der Waals surface area contributed by atoms with Gasteiger partial charge in [-0.1, -0.05) is 4.48 Å². The van der Waals surface area contributed by atoms with Gasteiger partial charge in [0.25, 0.3) is 0 Å². The van der Waals surface area contributed by atoms with E-state index in [2.05, 4.69) is 0 Å². The number of allylic oxidation sites excluding steroid dienone is 1. The zero-order valence-electron chi connectivity index (χ0n) is 5.85. The lowest BCUT2D eigenvalue weighted by Crippen LogP contribution is -2.36. The Balaban J connectivity index is 5.20. The number of hydrogen-bond acceptors (Lipinski definition) is 1. The Morgan fingerprint density at radius 2 is 1.21 bits per heavy atom. The van der Waals surface area contributed by atoms with Crippen LogP contribution in [0.4, 0.5) is 39.6 Å². The van der Waals surface area contributed by atoms with Crippen molar-refractivity contribution in [2.75, 3.05) is 0 Å². The van der Waals surface area contributed by atoms with Crippen LogP contribution < -0.4 is 0 Å². The molecule has 1 nitrogen and oxygen atoms in total. The molecule has 0 unspecified atom stereocenters. The van der Waals surface area contributed by atoms with Crippen molar-refractivity contribution in [3.8, 4) is 0 Å². The van der Waals surface area contributed by atoms with Crippen LogP contribution in [0.1, 0.15) is 0 Å². The summed E-state index contributed by atoms with van der Waals surface area (Å²) in [5.74, 6) is 0. The molecule has 84 valence electrons. The minimum absolute atomic E-state index is 2.98. The Morgan fingerprint density at radius 3 is 1.29 bits per heavy atom. The second-order valence-electron chi connectivity index (χ2n) is 1.86. The minimum Gasteiger partial charge on any atom is -0.171 e. The molecule has 0 aliphatic carbocycles. The molecule has 14 heavy (non-hydrogen) atoms. The Labute approximate surface area is 70.3 Å². The highest BCUT2D eigenvalue weighted by Gasteiger charge is 2.52. The first-order valence-electron chi connectivity index (χ1n) is 2.63. The molecule has 0 saturated heterocycles. The molecule has 0 saturated carbocycles. The number of alkyl halides is 6. The van der Waals surface area contributed by atoms with Crippen LogP contribution in [-0.2, 0) is 0 Å². The van der Waals surface area contributed by atoms with Crippen molar-refractivity contribution in [2.45, 2.75) is 12.5 Å². The second-order valence-corrected chi connectivity index (χ2v) is 1.86. The van der Waals surface area contributed by atoms with Crippen LogP contribution in [0.15, 0.2) is 11.8 Å². The fourth-order valence-corrected chi connectivity index (χ4v) is 0.419. The topological polar surface area (TPSA) is 3.24 Å². The first-order valence-corrected chi connectivity index (χ1v) is 2.63. The van der Waals surface area contributed by atoms with E-state index in [0.717, 1.165) is 0 Å². The normalized spacial score (nSPS) is 12.6. The quantitative estimate of drug-likeness (QED) is 0.381. The van der Waals surface area contributed by atoms with Gasteiger partial charge in [0.05, 0.1) is 0 Å². The van der Waals surface area contributed by atoms with Gasteiger partial charge in [0, 0.05) is 0 Å². The molecular formula is C4F9N. The highest BCUT2D eigenvalue weighted by molar-refractivity contribution is 5.06. The fraction of sp³-hybridized carbons (Fsp3) is 0.500. The molecule has 0 aliphatic rings. The van der Waals surface area contributed by atoms with Gasteiger partial charge in [-0.25, -0.2) is 0 Å². The van der Waals surface area contributed by atoms with Gasteiger partial charge < -0.3 is 0 Å². The Kier molecular flexibility index (Phi) is 3.30. The first-order chi connectivity index (χ1) is 5.98. The molecule has 0 atom stereocenters. The van der Waals surface area contributed by atoms with Gasteiger partial charge in [0.15, 0.2) is 0 Å². The van der Waals surface area contributed by atoms with Crippen molar-refractivity contribution in [2.24, 2.45) is 0 Å². The summed E-state index contributed by atoms with van der Waals surface area (Å²) < 4.78 is 103. The van der Waals surface area contributed by atoms with Crippen LogP contribution in [0.25, 0.3) is 0 Å².